The molecule has 0 bridgehead atoms. The second-order valence-corrected chi connectivity index (χ2v) is 6.26. The number of rotatable bonds is 11. The van der Waals surface area contributed by atoms with Crippen molar-refractivity contribution < 1.29 is 13.9 Å². The lowest BCUT2D eigenvalue weighted by Gasteiger charge is -2.08. The van der Waals surface area contributed by atoms with Crippen molar-refractivity contribution in [3.63, 3.8) is 0 Å². The Kier molecular flexibility index (Phi) is 8.23. The Morgan fingerprint density at radius 2 is 1.64 bits per heavy atom. The number of halogens is 1. The fourth-order valence-corrected chi connectivity index (χ4v) is 2.47. The molecule has 0 saturated heterocycles. The minimum Gasteiger partial charge on any atom is -0.494 e. The summed E-state index contributed by atoms with van der Waals surface area (Å²) < 4.78 is 23.9. The molecule has 1 atom stereocenters. The van der Waals surface area contributed by atoms with Crippen molar-refractivity contribution >= 4 is 0 Å². The number of hydrogen-bond acceptors (Lipinski definition) is 3. The second-order valence-electron chi connectivity index (χ2n) is 6.26. The Morgan fingerprint density at radius 1 is 0.920 bits per heavy atom. The normalized spacial score (nSPS) is 12.0. The van der Waals surface area contributed by atoms with Crippen LogP contribution in [0, 0.1) is 0 Å². The smallest absolute Gasteiger partial charge is 0.137 e. The molecule has 0 fully saturated rings. The van der Waals surface area contributed by atoms with E-state index in [-0.39, 0.29) is 6.61 Å². The maximum Gasteiger partial charge on any atom is 0.137 e. The zero-order valence-electron chi connectivity index (χ0n) is 15.2. The fraction of sp³-hybridized carbons (Fsp3) is 0.476. The minimum atomic E-state index is -0.987. The monoisotopic (exact) mass is 345 g/mol. The van der Waals surface area contributed by atoms with Gasteiger partial charge in [-0.3, -0.25) is 4.98 Å². The van der Waals surface area contributed by atoms with Gasteiger partial charge in [-0.05, 0) is 49.7 Å². The van der Waals surface area contributed by atoms with Crippen molar-refractivity contribution in [1.29, 1.82) is 0 Å². The predicted octanol–water partition coefficient (Wildman–Crippen LogP) is 5.83. The summed E-state index contributed by atoms with van der Waals surface area (Å²) in [6, 6.07) is 11.6. The number of benzene rings is 1. The van der Waals surface area contributed by atoms with Crippen molar-refractivity contribution in [3.05, 3.63) is 42.6 Å². The third-order valence-corrected chi connectivity index (χ3v) is 3.88. The van der Waals surface area contributed by atoms with Gasteiger partial charge in [0.1, 0.15) is 24.3 Å². The molecular formula is C21H28FNO2. The number of nitrogens with zero attached hydrogens (tertiary/aromatic N) is 1. The highest BCUT2D eigenvalue weighted by Crippen LogP contribution is 2.22. The van der Waals surface area contributed by atoms with Gasteiger partial charge in [0.2, 0.25) is 0 Å². The maximum absolute atomic E-state index is 12.8. The van der Waals surface area contributed by atoms with Crippen LogP contribution in [-0.2, 0) is 0 Å². The Hall–Kier alpha value is -2.10. The molecule has 0 radical (unpaired) electrons. The summed E-state index contributed by atoms with van der Waals surface area (Å²) in [4.78, 5) is 4.37. The average Bonchev–Trinajstić information content (AvgIpc) is 2.64. The molecule has 1 heterocycles. The maximum atomic E-state index is 12.8. The molecule has 0 aliphatic rings. The summed E-state index contributed by atoms with van der Waals surface area (Å²) in [5.74, 6) is 1.47. The summed E-state index contributed by atoms with van der Waals surface area (Å²) in [7, 11) is 0. The molecule has 3 nitrogen and oxygen atoms in total. The SMILES string of the molecule is CCCCCCCOc1ccc(-c2ccc(OCC(C)F)cn2)cc1. The summed E-state index contributed by atoms with van der Waals surface area (Å²) >= 11 is 0. The molecule has 0 spiro atoms. The van der Waals surface area contributed by atoms with E-state index in [0.29, 0.717) is 5.75 Å². The topological polar surface area (TPSA) is 31.4 Å². The highest BCUT2D eigenvalue weighted by Gasteiger charge is 2.03. The Morgan fingerprint density at radius 3 is 2.28 bits per heavy atom. The lowest BCUT2D eigenvalue weighted by atomic mass is 10.1. The first kappa shape index (κ1) is 19.2. The van der Waals surface area contributed by atoms with Gasteiger partial charge in [-0.25, -0.2) is 4.39 Å². The third kappa shape index (κ3) is 7.12. The Balaban J connectivity index is 1.81. The number of aromatic nitrogens is 1. The molecule has 0 saturated carbocycles. The van der Waals surface area contributed by atoms with Gasteiger partial charge in [-0.1, -0.05) is 32.6 Å². The molecule has 0 N–H and O–H groups in total. The third-order valence-electron chi connectivity index (χ3n) is 3.88. The van der Waals surface area contributed by atoms with Gasteiger partial charge >= 0.3 is 0 Å². The van der Waals surface area contributed by atoms with Crippen LogP contribution < -0.4 is 9.47 Å². The molecule has 2 aromatic rings. The Bertz CT molecular complexity index is 596. The average molecular weight is 345 g/mol. The van der Waals surface area contributed by atoms with Crippen LogP contribution in [0.4, 0.5) is 4.39 Å². The van der Waals surface area contributed by atoms with E-state index >= 15 is 0 Å². The van der Waals surface area contributed by atoms with Crippen molar-refractivity contribution in [2.75, 3.05) is 13.2 Å². The van der Waals surface area contributed by atoms with Gasteiger partial charge in [0, 0.05) is 5.56 Å². The number of unbranched alkanes of at least 4 members (excludes halogenated alkanes) is 4. The minimum absolute atomic E-state index is 0.0471. The molecule has 2 rings (SSSR count). The first-order valence-electron chi connectivity index (χ1n) is 9.15. The fourth-order valence-electron chi connectivity index (χ4n) is 2.47. The lowest BCUT2D eigenvalue weighted by Crippen LogP contribution is -2.08. The van der Waals surface area contributed by atoms with Crippen LogP contribution in [0.3, 0.4) is 0 Å². The van der Waals surface area contributed by atoms with E-state index in [9.17, 15) is 4.39 Å². The second kappa shape index (κ2) is 10.7. The largest absolute Gasteiger partial charge is 0.494 e. The predicted molar refractivity (Wildman–Crippen MR) is 100.0 cm³/mol. The van der Waals surface area contributed by atoms with Crippen LogP contribution in [0.15, 0.2) is 42.6 Å². The number of hydrogen-bond donors (Lipinski definition) is 0. The van der Waals surface area contributed by atoms with Gasteiger partial charge in [0.15, 0.2) is 0 Å². The summed E-state index contributed by atoms with van der Waals surface area (Å²) in [6.45, 7) is 4.50. The molecule has 4 heteroatoms. The van der Waals surface area contributed by atoms with Gasteiger partial charge < -0.3 is 9.47 Å². The van der Waals surface area contributed by atoms with Crippen LogP contribution in [-0.4, -0.2) is 24.4 Å². The van der Waals surface area contributed by atoms with E-state index in [1.54, 1.807) is 6.20 Å². The van der Waals surface area contributed by atoms with Gasteiger partial charge in [0.05, 0.1) is 18.5 Å². The van der Waals surface area contributed by atoms with Crippen LogP contribution in [0.1, 0.15) is 46.0 Å². The van der Waals surface area contributed by atoms with E-state index < -0.39 is 6.17 Å². The lowest BCUT2D eigenvalue weighted by molar-refractivity contribution is 0.209. The molecule has 0 amide bonds. The van der Waals surface area contributed by atoms with Crippen molar-refractivity contribution in [1.82, 2.24) is 4.98 Å². The van der Waals surface area contributed by atoms with Crippen LogP contribution in [0.2, 0.25) is 0 Å². The van der Waals surface area contributed by atoms with Gasteiger partial charge in [-0.2, -0.15) is 0 Å². The van der Waals surface area contributed by atoms with E-state index in [1.165, 1.54) is 32.6 Å². The number of pyridine rings is 1. The molecule has 1 unspecified atom stereocenters. The molecule has 0 aliphatic heterocycles. The van der Waals surface area contributed by atoms with Gasteiger partial charge in [-0.15, -0.1) is 0 Å². The van der Waals surface area contributed by atoms with Crippen molar-refractivity contribution in [2.24, 2.45) is 0 Å². The molecule has 1 aromatic heterocycles. The first-order valence-corrected chi connectivity index (χ1v) is 9.15. The number of ether oxygens (including phenoxy) is 2. The van der Waals surface area contributed by atoms with Crippen LogP contribution in [0.5, 0.6) is 11.5 Å². The van der Waals surface area contributed by atoms with E-state index in [0.717, 1.165) is 30.0 Å². The highest BCUT2D eigenvalue weighted by atomic mass is 19.1. The van der Waals surface area contributed by atoms with E-state index in [1.807, 2.05) is 36.4 Å². The van der Waals surface area contributed by atoms with Crippen molar-refractivity contribution in [2.45, 2.75) is 52.1 Å². The zero-order valence-corrected chi connectivity index (χ0v) is 15.2. The molecule has 136 valence electrons. The Labute approximate surface area is 150 Å². The quantitative estimate of drug-likeness (QED) is 0.480. The van der Waals surface area contributed by atoms with E-state index in [4.69, 9.17) is 9.47 Å². The zero-order chi connectivity index (χ0) is 17.9. The van der Waals surface area contributed by atoms with E-state index in [2.05, 4.69) is 11.9 Å². The van der Waals surface area contributed by atoms with Crippen LogP contribution in [0.25, 0.3) is 11.3 Å². The van der Waals surface area contributed by atoms with Gasteiger partial charge in [0.25, 0.3) is 0 Å². The molecule has 0 aliphatic carbocycles. The molecular weight excluding hydrogens is 317 g/mol. The highest BCUT2D eigenvalue weighted by molar-refractivity contribution is 5.60. The standard InChI is InChI=1S/C21H28FNO2/c1-3-4-5-6-7-14-24-19-10-8-18(9-11-19)21-13-12-20(15-23-21)25-16-17(2)22/h8-13,15,17H,3-7,14,16H2,1-2H3. The first-order chi connectivity index (χ1) is 12.2. The summed E-state index contributed by atoms with van der Waals surface area (Å²) in [5.41, 5.74) is 1.87. The number of alkyl halides is 1. The summed E-state index contributed by atoms with van der Waals surface area (Å²) in [6.07, 6.45) is 6.82. The summed E-state index contributed by atoms with van der Waals surface area (Å²) in [5, 5.41) is 0. The van der Waals surface area contributed by atoms with Crippen molar-refractivity contribution in [3.8, 4) is 22.8 Å². The van der Waals surface area contributed by atoms with Crippen LogP contribution >= 0.6 is 0 Å². The molecule has 25 heavy (non-hydrogen) atoms. The molecule has 1 aromatic carbocycles.